The van der Waals surface area contributed by atoms with Gasteiger partial charge in [-0.25, -0.2) is 0 Å². The zero-order valence-corrected chi connectivity index (χ0v) is 14.3. The fourth-order valence-electron chi connectivity index (χ4n) is 9.82. The van der Waals surface area contributed by atoms with E-state index in [4.69, 9.17) is 0 Å². The lowest BCUT2D eigenvalue weighted by Crippen LogP contribution is -2.40. The fourth-order valence-corrected chi connectivity index (χ4v) is 9.82. The minimum atomic E-state index is 1.19. The predicted molar refractivity (Wildman–Crippen MR) is 90.3 cm³/mol. The molecule has 0 N–H and O–H groups in total. The van der Waals surface area contributed by atoms with E-state index in [1.54, 1.807) is 77.0 Å². The molecule has 0 amide bonds. The summed E-state index contributed by atoms with van der Waals surface area (Å²) in [6.45, 7) is 0. The molecule has 0 heterocycles. The van der Waals surface area contributed by atoms with Crippen LogP contribution in [0.3, 0.4) is 0 Å². The van der Waals surface area contributed by atoms with Gasteiger partial charge in [0.25, 0.3) is 0 Å². The van der Waals surface area contributed by atoms with E-state index >= 15 is 0 Å². The van der Waals surface area contributed by atoms with Crippen LogP contribution in [-0.4, -0.2) is 0 Å². The van der Waals surface area contributed by atoms with E-state index < -0.39 is 0 Å². The predicted octanol–water partition coefficient (Wildman–Crippen LogP) is 5.91. The van der Waals surface area contributed by atoms with Crippen LogP contribution in [0.15, 0.2) is 0 Å². The third-order valence-corrected chi connectivity index (χ3v) is 10.0. The quantitative estimate of drug-likeness (QED) is 0.521. The van der Waals surface area contributed by atoms with E-state index in [1.807, 2.05) is 0 Å². The van der Waals surface area contributed by atoms with Crippen molar-refractivity contribution in [3.05, 3.63) is 0 Å². The maximum atomic E-state index is 1.65. The second kappa shape index (κ2) is 4.76. The molecule has 6 rings (SSSR count). The van der Waals surface area contributed by atoms with Crippen molar-refractivity contribution in [1.29, 1.82) is 0 Å². The smallest absolute Gasteiger partial charge is 0.0318 e. The Bertz CT molecular complexity index is 371. The highest BCUT2D eigenvalue weighted by Crippen LogP contribution is 2.71. The summed E-state index contributed by atoms with van der Waals surface area (Å²) in [5.74, 6) is 12.0. The summed E-state index contributed by atoms with van der Waals surface area (Å²) in [5.41, 5.74) is 0. The largest absolute Gasteiger partial charge is 0.0530 e. The van der Waals surface area contributed by atoms with Crippen LogP contribution >= 0.6 is 0 Å². The van der Waals surface area contributed by atoms with Crippen LogP contribution < -0.4 is 0 Å². The Hall–Kier alpha value is 0. The molecule has 122 valence electrons. The third-order valence-electron chi connectivity index (χ3n) is 10.0. The van der Waals surface area contributed by atoms with Gasteiger partial charge in [0.15, 0.2) is 0 Å². The van der Waals surface area contributed by atoms with Gasteiger partial charge >= 0.3 is 0 Å². The summed E-state index contributed by atoms with van der Waals surface area (Å²) in [5, 5.41) is 0. The topological polar surface area (TPSA) is 0 Å². The van der Waals surface area contributed by atoms with Crippen molar-refractivity contribution in [2.75, 3.05) is 0 Å². The normalized spacial score (nSPS) is 62.2. The molecule has 0 radical (unpaired) electrons. The van der Waals surface area contributed by atoms with Gasteiger partial charge in [-0.15, -0.1) is 0 Å². The standard InChI is InChI=1S/C22H34/c1-2-6-14-13(5-1)17-9-10-19-15-7-3-4-8-16(15)20-12-11-18(14)21(17)22(19)20/h13-22H,1-12H2. The highest BCUT2D eigenvalue weighted by molar-refractivity contribution is 5.12. The third kappa shape index (κ3) is 1.56. The molecule has 6 aliphatic rings. The molecule has 0 aliphatic heterocycles. The van der Waals surface area contributed by atoms with Gasteiger partial charge in [-0.1, -0.05) is 25.7 Å². The van der Waals surface area contributed by atoms with Gasteiger partial charge in [0.05, 0.1) is 0 Å². The summed E-state index contributed by atoms with van der Waals surface area (Å²) in [6, 6.07) is 0. The molecule has 22 heavy (non-hydrogen) atoms. The molecule has 6 saturated carbocycles. The molecule has 0 nitrogen and oxygen atoms in total. The van der Waals surface area contributed by atoms with Gasteiger partial charge in [0.2, 0.25) is 0 Å². The molecule has 8 atom stereocenters. The van der Waals surface area contributed by atoms with E-state index in [9.17, 15) is 0 Å². The highest BCUT2D eigenvalue weighted by Gasteiger charge is 2.64. The molecule has 6 fully saturated rings. The summed E-state index contributed by atoms with van der Waals surface area (Å²) < 4.78 is 0. The van der Waals surface area contributed by atoms with E-state index in [2.05, 4.69) is 0 Å². The molecule has 6 aliphatic carbocycles. The van der Waals surface area contributed by atoms with Gasteiger partial charge < -0.3 is 0 Å². The van der Waals surface area contributed by atoms with E-state index in [0.29, 0.717) is 0 Å². The number of fused-ring (bicyclic) bond motifs is 6. The summed E-state index contributed by atoms with van der Waals surface area (Å²) in [7, 11) is 0. The van der Waals surface area contributed by atoms with Crippen LogP contribution in [0.25, 0.3) is 0 Å². The monoisotopic (exact) mass is 298 g/mol. The molecule has 0 aromatic heterocycles. The van der Waals surface area contributed by atoms with Gasteiger partial charge in [-0.3, -0.25) is 0 Å². The molecule has 0 bridgehead atoms. The Labute approximate surface area is 136 Å². The van der Waals surface area contributed by atoms with Crippen LogP contribution in [0.5, 0.6) is 0 Å². The maximum Gasteiger partial charge on any atom is -0.0318 e. The van der Waals surface area contributed by atoms with Crippen molar-refractivity contribution in [2.24, 2.45) is 59.2 Å². The lowest BCUT2D eigenvalue weighted by Gasteiger charge is -2.47. The summed E-state index contributed by atoms with van der Waals surface area (Å²) in [4.78, 5) is 0. The molecular formula is C22H34. The zero-order valence-electron chi connectivity index (χ0n) is 14.3. The zero-order chi connectivity index (χ0) is 14.3. The van der Waals surface area contributed by atoms with Crippen LogP contribution in [0.4, 0.5) is 0 Å². The first-order chi connectivity index (χ1) is 10.9. The highest BCUT2D eigenvalue weighted by atomic mass is 14.7. The van der Waals surface area contributed by atoms with E-state index in [0.717, 1.165) is 0 Å². The Morgan fingerprint density at radius 2 is 0.545 bits per heavy atom. The second-order valence-corrected chi connectivity index (χ2v) is 10.2. The van der Waals surface area contributed by atoms with Gasteiger partial charge in [0, 0.05) is 0 Å². The Balaban J connectivity index is 1.39. The van der Waals surface area contributed by atoms with Crippen molar-refractivity contribution in [3.8, 4) is 0 Å². The minimum Gasteiger partial charge on any atom is -0.0530 e. The minimum absolute atomic E-state index is 1.19. The number of hydrogen-bond acceptors (Lipinski definition) is 0. The molecule has 0 heteroatoms. The van der Waals surface area contributed by atoms with Crippen molar-refractivity contribution < 1.29 is 0 Å². The second-order valence-electron chi connectivity index (χ2n) is 10.2. The van der Waals surface area contributed by atoms with Gasteiger partial charge in [0.1, 0.15) is 0 Å². The fraction of sp³-hybridized carbons (Fsp3) is 1.00. The average molecular weight is 299 g/mol. The average Bonchev–Trinajstić information content (AvgIpc) is 3.08. The van der Waals surface area contributed by atoms with Crippen LogP contribution in [-0.2, 0) is 0 Å². The SMILES string of the molecule is C1CCC2C(C1)C1CCC3C4CCCCC4C4CCC2C1C34. The molecular weight excluding hydrogens is 264 g/mol. The van der Waals surface area contributed by atoms with Crippen molar-refractivity contribution >= 4 is 0 Å². The van der Waals surface area contributed by atoms with Crippen LogP contribution in [0, 0.1) is 59.2 Å². The molecule has 0 aromatic rings. The van der Waals surface area contributed by atoms with Crippen molar-refractivity contribution in [3.63, 3.8) is 0 Å². The number of hydrogen-bond donors (Lipinski definition) is 0. The first-order valence-corrected chi connectivity index (χ1v) is 10.9. The first kappa shape index (κ1) is 13.3. The van der Waals surface area contributed by atoms with Crippen LogP contribution in [0.1, 0.15) is 77.0 Å². The Morgan fingerprint density at radius 1 is 0.273 bits per heavy atom. The van der Waals surface area contributed by atoms with Crippen LogP contribution in [0.2, 0.25) is 0 Å². The lowest BCUT2D eigenvalue weighted by molar-refractivity contribution is 0.0157. The molecule has 8 unspecified atom stereocenters. The van der Waals surface area contributed by atoms with Crippen molar-refractivity contribution in [1.82, 2.24) is 0 Å². The van der Waals surface area contributed by atoms with E-state index in [-0.39, 0.29) is 0 Å². The Kier molecular flexibility index (Phi) is 2.88. The van der Waals surface area contributed by atoms with E-state index in [1.165, 1.54) is 59.2 Å². The van der Waals surface area contributed by atoms with Crippen molar-refractivity contribution in [2.45, 2.75) is 77.0 Å². The van der Waals surface area contributed by atoms with Gasteiger partial charge in [-0.2, -0.15) is 0 Å². The number of rotatable bonds is 0. The molecule has 0 saturated heterocycles. The van der Waals surface area contributed by atoms with Gasteiger partial charge in [-0.05, 0) is 111 Å². The lowest BCUT2D eigenvalue weighted by atomic mass is 9.58. The first-order valence-electron chi connectivity index (χ1n) is 10.9. The summed E-state index contributed by atoms with van der Waals surface area (Å²) in [6.07, 6.45) is 19.4. The molecule has 0 aromatic carbocycles. The Morgan fingerprint density at radius 3 is 0.818 bits per heavy atom. The maximum absolute atomic E-state index is 1.65. The molecule has 0 spiro atoms. The summed E-state index contributed by atoms with van der Waals surface area (Å²) >= 11 is 0.